The lowest BCUT2D eigenvalue weighted by Gasteiger charge is -2.29. The average Bonchev–Trinajstić information content (AvgIpc) is 3.16. The summed E-state index contributed by atoms with van der Waals surface area (Å²) in [4.78, 5) is 12.2. The third kappa shape index (κ3) is 4.94. The minimum absolute atomic E-state index is 0.00427. The summed E-state index contributed by atoms with van der Waals surface area (Å²) in [7, 11) is 3.15. The molecular weight excluding hydrogens is 366 g/mol. The number of carbonyl (C=O) groups excluding carboxylic acids is 1. The van der Waals surface area contributed by atoms with Crippen LogP contribution in [-0.2, 0) is 4.79 Å². The van der Waals surface area contributed by atoms with Gasteiger partial charge in [0.1, 0.15) is 0 Å². The van der Waals surface area contributed by atoms with Gasteiger partial charge in [-0.25, -0.2) is 0 Å². The monoisotopic (exact) mass is 391 g/mol. The number of nitrogens with zero attached hydrogens (tertiary/aromatic N) is 2. The van der Waals surface area contributed by atoms with E-state index in [-0.39, 0.29) is 17.7 Å². The molecule has 27 heavy (non-hydrogen) atoms. The summed E-state index contributed by atoms with van der Waals surface area (Å²) in [6.45, 7) is 2.20. The molecule has 1 aromatic heterocycles. The van der Waals surface area contributed by atoms with Gasteiger partial charge < -0.3 is 19.2 Å². The zero-order chi connectivity index (χ0) is 19.2. The summed E-state index contributed by atoms with van der Waals surface area (Å²) in [5.41, 5.74) is 0.729. The van der Waals surface area contributed by atoms with E-state index in [9.17, 15) is 4.79 Å². The van der Waals surface area contributed by atoms with E-state index in [1.807, 2.05) is 6.07 Å². The molecule has 3 rings (SSSR count). The molecule has 0 bridgehead atoms. The first-order valence-electron chi connectivity index (χ1n) is 9.08. The predicted molar refractivity (Wildman–Crippen MR) is 103 cm³/mol. The van der Waals surface area contributed by atoms with E-state index < -0.39 is 0 Å². The lowest BCUT2D eigenvalue weighted by molar-refractivity contribution is -0.119. The van der Waals surface area contributed by atoms with Gasteiger partial charge in [-0.2, -0.15) is 0 Å². The van der Waals surface area contributed by atoms with Crippen LogP contribution in [0.4, 0.5) is 0 Å². The summed E-state index contributed by atoms with van der Waals surface area (Å²) in [5.74, 6) is 2.39. The zero-order valence-electron chi connectivity index (χ0n) is 15.9. The quantitative estimate of drug-likeness (QED) is 0.722. The molecule has 0 saturated heterocycles. The average molecular weight is 391 g/mol. The van der Waals surface area contributed by atoms with E-state index in [1.54, 1.807) is 26.4 Å². The van der Waals surface area contributed by atoms with Crippen molar-refractivity contribution in [3.05, 3.63) is 18.2 Å². The van der Waals surface area contributed by atoms with Gasteiger partial charge in [0.05, 0.1) is 20.0 Å². The number of hydrogen-bond donors (Lipinski definition) is 1. The maximum Gasteiger partial charge on any atom is 0.277 e. The van der Waals surface area contributed by atoms with Crippen LogP contribution in [0.25, 0.3) is 11.5 Å². The van der Waals surface area contributed by atoms with Crippen LogP contribution in [0.5, 0.6) is 11.5 Å². The second kappa shape index (κ2) is 9.12. The van der Waals surface area contributed by atoms with E-state index >= 15 is 0 Å². The largest absolute Gasteiger partial charge is 0.493 e. The van der Waals surface area contributed by atoms with Crippen molar-refractivity contribution in [1.82, 2.24) is 15.5 Å². The third-order valence-corrected chi connectivity index (χ3v) is 5.64. The molecule has 1 fully saturated rings. The Morgan fingerprint density at radius 1 is 1.22 bits per heavy atom. The van der Waals surface area contributed by atoms with Crippen molar-refractivity contribution < 1.29 is 18.7 Å². The van der Waals surface area contributed by atoms with Gasteiger partial charge in [-0.3, -0.25) is 4.79 Å². The van der Waals surface area contributed by atoms with Crippen LogP contribution >= 0.6 is 11.8 Å². The van der Waals surface area contributed by atoms with E-state index in [0.717, 1.165) is 12.0 Å². The molecule has 0 radical (unpaired) electrons. The van der Waals surface area contributed by atoms with E-state index in [0.29, 0.717) is 28.5 Å². The molecule has 146 valence electrons. The highest BCUT2D eigenvalue weighted by Gasteiger charge is 2.23. The highest BCUT2D eigenvalue weighted by Crippen LogP contribution is 2.32. The SMILES string of the molecule is COc1ccc(-c2nnc(SCC(=O)N[C@@H]3CCCC[C@H]3C)o2)cc1OC. The Kier molecular flexibility index (Phi) is 6.60. The van der Waals surface area contributed by atoms with Crippen molar-refractivity contribution in [3.8, 4) is 23.0 Å². The van der Waals surface area contributed by atoms with Crippen LogP contribution in [0, 0.1) is 5.92 Å². The van der Waals surface area contributed by atoms with Crippen LogP contribution in [0.15, 0.2) is 27.8 Å². The van der Waals surface area contributed by atoms with Crippen LogP contribution in [0.2, 0.25) is 0 Å². The number of aromatic nitrogens is 2. The minimum atomic E-state index is 0.00427. The van der Waals surface area contributed by atoms with Crippen molar-refractivity contribution in [2.45, 2.75) is 43.9 Å². The standard InChI is InChI=1S/C19H25N3O4S/c1-12-6-4-5-7-14(12)20-17(23)11-27-19-22-21-18(26-19)13-8-9-15(24-2)16(10-13)25-3/h8-10,12,14H,4-7,11H2,1-3H3,(H,20,23)/t12-,14-/m1/s1. The Hall–Kier alpha value is -2.22. The van der Waals surface area contributed by atoms with Crippen molar-refractivity contribution in [3.63, 3.8) is 0 Å². The number of thioether (sulfide) groups is 1. The molecule has 1 heterocycles. The molecule has 8 heteroatoms. The van der Waals surface area contributed by atoms with E-state index in [1.165, 1.54) is 31.0 Å². The fourth-order valence-corrected chi connectivity index (χ4v) is 3.83. The van der Waals surface area contributed by atoms with E-state index in [4.69, 9.17) is 13.9 Å². The molecule has 1 aliphatic rings. The number of rotatable bonds is 7. The van der Waals surface area contributed by atoms with Crippen LogP contribution in [0.1, 0.15) is 32.6 Å². The smallest absolute Gasteiger partial charge is 0.277 e. The molecule has 0 unspecified atom stereocenters. The first kappa shape index (κ1) is 19.5. The van der Waals surface area contributed by atoms with Crippen molar-refractivity contribution >= 4 is 17.7 Å². The van der Waals surface area contributed by atoms with Crippen molar-refractivity contribution in [2.75, 3.05) is 20.0 Å². The molecule has 1 N–H and O–H groups in total. The maximum atomic E-state index is 12.2. The second-order valence-electron chi connectivity index (χ2n) is 6.67. The van der Waals surface area contributed by atoms with Gasteiger partial charge >= 0.3 is 0 Å². The van der Waals surface area contributed by atoms with Crippen molar-refractivity contribution in [1.29, 1.82) is 0 Å². The van der Waals surface area contributed by atoms with Crippen LogP contribution < -0.4 is 14.8 Å². The molecule has 0 aliphatic heterocycles. The predicted octanol–water partition coefficient (Wildman–Crippen LogP) is 3.54. The van der Waals surface area contributed by atoms with Gasteiger partial charge in [-0.15, -0.1) is 10.2 Å². The summed E-state index contributed by atoms with van der Waals surface area (Å²) in [5, 5.41) is 11.6. The van der Waals surface area contributed by atoms with Crippen molar-refractivity contribution in [2.24, 2.45) is 5.92 Å². The molecule has 2 aromatic rings. The highest BCUT2D eigenvalue weighted by molar-refractivity contribution is 7.99. The van der Waals surface area contributed by atoms with Crippen LogP contribution in [-0.4, -0.2) is 42.1 Å². The van der Waals surface area contributed by atoms with Gasteiger partial charge in [0.2, 0.25) is 11.8 Å². The summed E-state index contributed by atoms with van der Waals surface area (Å²) < 4.78 is 16.2. The Labute approximate surface area is 163 Å². The molecule has 1 amide bonds. The van der Waals surface area contributed by atoms with Gasteiger partial charge in [-0.05, 0) is 37.0 Å². The number of nitrogens with one attached hydrogen (secondary N) is 1. The number of benzene rings is 1. The second-order valence-corrected chi connectivity index (χ2v) is 7.59. The first-order chi connectivity index (χ1) is 13.1. The fourth-order valence-electron chi connectivity index (χ4n) is 3.26. The Morgan fingerprint density at radius 2 is 2.00 bits per heavy atom. The molecule has 2 atom stereocenters. The summed E-state index contributed by atoms with van der Waals surface area (Å²) in [6, 6.07) is 5.65. The molecule has 1 aromatic carbocycles. The van der Waals surface area contributed by atoms with E-state index in [2.05, 4.69) is 22.4 Å². The molecule has 0 spiro atoms. The highest BCUT2D eigenvalue weighted by atomic mass is 32.2. The lowest BCUT2D eigenvalue weighted by atomic mass is 9.86. The minimum Gasteiger partial charge on any atom is -0.493 e. The molecule has 1 aliphatic carbocycles. The maximum absolute atomic E-state index is 12.2. The van der Waals surface area contributed by atoms with Gasteiger partial charge in [0, 0.05) is 11.6 Å². The number of carbonyl (C=O) groups is 1. The fraction of sp³-hybridized carbons (Fsp3) is 0.526. The van der Waals surface area contributed by atoms with Gasteiger partial charge in [0.25, 0.3) is 5.22 Å². The Morgan fingerprint density at radius 3 is 2.74 bits per heavy atom. The molecule has 1 saturated carbocycles. The lowest BCUT2D eigenvalue weighted by Crippen LogP contribution is -2.41. The van der Waals surface area contributed by atoms with Crippen LogP contribution in [0.3, 0.4) is 0 Å². The van der Waals surface area contributed by atoms with Gasteiger partial charge in [-0.1, -0.05) is 31.5 Å². The Balaban J connectivity index is 1.57. The summed E-state index contributed by atoms with van der Waals surface area (Å²) in [6.07, 6.45) is 4.67. The number of methoxy groups -OCH3 is 2. The topological polar surface area (TPSA) is 86.5 Å². The Bertz CT molecular complexity index is 780. The molecular formula is C19H25N3O4S. The zero-order valence-corrected chi connectivity index (χ0v) is 16.7. The van der Waals surface area contributed by atoms with Gasteiger partial charge in [0.15, 0.2) is 11.5 Å². The number of amides is 1. The number of hydrogen-bond acceptors (Lipinski definition) is 7. The summed E-state index contributed by atoms with van der Waals surface area (Å²) >= 11 is 1.24. The normalized spacial score (nSPS) is 19.5. The third-order valence-electron chi connectivity index (χ3n) is 4.82. The number of ether oxygens (including phenoxy) is 2. The molecule has 7 nitrogen and oxygen atoms in total. The first-order valence-corrected chi connectivity index (χ1v) is 10.1.